The molecule has 0 aromatic carbocycles. The molecule has 1 heterocycles. The van der Waals surface area contributed by atoms with Crippen molar-refractivity contribution >= 4 is 0 Å². The number of hydrogen-bond donors (Lipinski definition) is 2. The number of rotatable bonds is 4. The van der Waals surface area contributed by atoms with Crippen LogP contribution in [-0.2, 0) is 4.74 Å². The van der Waals surface area contributed by atoms with Gasteiger partial charge in [-0.05, 0) is 32.6 Å². The van der Waals surface area contributed by atoms with Crippen LogP contribution in [0.3, 0.4) is 0 Å². The van der Waals surface area contributed by atoms with E-state index in [9.17, 15) is 5.11 Å². The molecule has 0 aromatic rings. The van der Waals surface area contributed by atoms with Crippen LogP contribution in [0.15, 0.2) is 0 Å². The molecule has 1 rings (SSSR count). The molecule has 0 spiro atoms. The Morgan fingerprint density at radius 3 is 2.20 bits per heavy atom. The summed E-state index contributed by atoms with van der Waals surface area (Å²) in [6.07, 6.45) is 2.76. The molecular weight excluding hydrogens is 190 g/mol. The van der Waals surface area contributed by atoms with E-state index in [2.05, 4.69) is 33.0 Å². The zero-order chi connectivity index (χ0) is 11.4. The molecule has 1 saturated heterocycles. The van der Waals surface area contributed by atoms with Gasteiger partial charge in [0.2, 0.25) is 0 Å². The molecule has 3 atom stereocenters. The van der Waals surface area contributed by atoms with Gasteiger partial charge in [-0.25, -0.2) is 0 Å². The fourth-order valence-corrected chi connectivity index (χ4v) is 2.30. The number of nitrogens with one attached hydrogen (secondary N) is 1. The Morgan fingerprint density at radius 2 is 1.80 bits per heavy atom. The lowest BCUT2D eigenvalue weighted by Gasteiger charge is -2.35. The summed E-state index contributed by atoms with van der Waals surface area (Å²) in [6, 6.07) is 0.704. The minimum Gasteiger partial charge on any atom is -0.395 e. The van der Waals surface area contributed by atoms with Gasteiger partial charge in [0.05, 0.1) is 18.8 Å². The molecular formula is C12H25NO2. The Hall–Kier alpha value is -0.120. The van der Waals surface area contributed by atoms with E-state index in [4.69, 9.17) is 4.74 Å². The standard InChI is InChI=1S/C12H25NO2/c1-8(2)12(7-14)13-11-5-9(3)15-10(4)6-11/h8-14H,5-7H2,1-4H3/t9?,10?,11?,12-/m1/s1. The molecule has 0 aliphatic carbocycles. The number of aliphatic hydroxyl groups is 1. The highest BCUT2D eigenvalue weighted by Gasteiger charge is 2.26. The lowest BCUT2D eigenvalue weighted by molar-refractivity contribution is -0.0453. The minimum atomic E-state index is 0.215. The van der Waals surface area contributed by atoms with Gasteiger partial charge in [0.25, 0.3) is 0 Å². The SMILES string of the molecule is CC1CC(N[C@H](CO)C(C)C)CC(C)O1. The molecule has 2 N–H and O–H groups in total. The van der Waals surface area contributed by atoms with E-state index >= 15 is 0 Å². The second kappa shape index (κ2) is 5.83. The molecule has 3 heteroatoms. The lowest BCUT2D eigenvalue weighted by atomic mass is 9.96. The van der Waals surface area contributed by atoms with Crippen molar-refractivity contribution in [1.82, 2.24) is 5.32 Å². The summed E-state index contributed by atoms with van der Waals surface area (Å²) < 4.78 is 5.69. The van der Waals surface area contributed by atoms with Crippen LogP contribution in [0.25, 0.3) is 0 Å². The van der Waals surface area contributed by atoms with Crippen molar-refractivity contribution in [2.24, 2.45) is 5.92 Å². The molecule has 0 amide bonds. The normalized spacial score (nSPS) is 34.4. The average Bonchev–Trinajstić information content (AvgIpc) is 2.12. The Balaban J connectivity index is 2.42. The molecule has 0 aromatic heterocycles. The molecule has 0 bridgehead atoms. The predicted octanol–water partition coefficient (Wildman–Crippen LogP) is 1.55. The maximum atomic E-state index is 9.27. The number of hydrogen-bond acceptors (Lipinski definition) is 3. The maximum Gasteiger partial charge on any atom is 0.0587 e. The Kier molecular flexibility index (Phi) is 5.03. The van der Waals surface area contributed by atoms with Crippen molar-refractivity contribution in [3.05, 3.63) is 0 Å². The van der Waals surface area contributed by atoms with Crippen LogP contribution in [0.2, 0.25) is 0 Å². The van der Waals surface area contributed by atoms with E-state index in [1.807, 2.05) is 0 Å². The monoisotopic (exact) mass is 215 g/mol. The Morgan fingerprint density at radius 1 is 1.27 bits per heavy atom. The molecule has 3 nitrogen and oxygen atoms in total. The third-order valence-corrected chi connectivity index (χ3v) is 3.15. The molecule has 1 aliphatic rings. The van der Waals surface area contributed by atoms with Gasteiger partial charge < -0.3 is 15.2 Å². The Labute approximate surface area is 93.2 Å². The Bertz CT molecular complexity index is 174. The van der Waals surface area contributed by atoms with Crippen LogP contribution >= 0.6 is 0 Å². The van der Waals surface area contributed by atoms with Gasteiger partial charge in [0.1, 0.15) is 0 Å². The maximum absolute atomic E-state index is 9.27. The first-order valence-corrected chi connectivity index (χ1v) is 6.05. The van der Waals surface area contributed by atoms with Gasteiger partial charge in [-0.15, -0.1) is 0 Å². The van der Waals surface area contributed by atoms with E-state index < -0.39 is 0 Å². The minimum absolute atomic E-state index is 0.215. The highest BCUT2D eigenvalue weighted by molar-refractivity contribution is 4.82. The van der Waals surface area contributed by atoms with E-state index in [1.54, 1.807) is 0 Å². The molecule has 0 radical (unpaired) electrons. The van der Waals surface area contributed by atoms with Crippen molar-refractivity contribution in [1.29, 1.82) is 0 Å². The molecule has 2 unspecified atom stereocenters. The molecule has 1 aliphatic heterocycles. The first-order valence-electron chi connectivity index (χ1n) is 6.05. The first kappa shape index (κ1) is 12.9. The van der Waals surface area contributed by atoms with E-state index in [0.29, 0.717) is 24.2 Å². The van der Waals surface area contributed by atoms with Crippen LogP contribution in [0.5, 0.6) is 0 Å². The van der Waals surface area contributed by atoms with Crippen molar-refractivity contribution < 1.29 is 9.84 Å². The second-order valence-electron chi connectivity index (χ2n) is 5.13. The highest BCUT2D eigenvalue weighted by atomic mass is 16.5. The number of aliphatic hydroxyl groups excluding tert-OH is 1. The van der Waals surface area contributed by atoms with Crippen LogP contribution < -0.4 is 5.32 Å². The van der Waals surface area contributed by atoms with E-state index in [1.165, 1.54) is 0 Å². The molecule has 90 valence electrons. The molecule has 0 saturated carbocycles. The lowest BCUT2D eigenvalue weighted by Crippen LogP contribution is -2.48. The summed E-state index contributed by atoms with van der Waals surface area (Å²) >= 11 is 0. The van der Waals surface area contributed by atoms with Gasteiger partial charge in [-0.1, -0.05) is 13.8 Å². The predicted molar refractivity (Wildman–Crippen MR) is 61.9 cm³/mol. The van der Waals surface area contributed by atoms with Crippen molar-refractivity contribution in [3.8, 4) is 0 Å². The first-order chi connectivity index (χ1) is 7.02. The van der Waals surface area contributed by atoms with E-state index in [-0.39, 0.29) is 12.6 Å². The highest BCUT2D eigenvalue weighted by Crippen LogP contribution is 2.20. The average molecular weight is 215 g/mol. The fraction of sp³-hybridized carbons (Fsp3) is 1.00. The van der Waals surface area contributed by atoms with Gasteiger partial charge in [-0.3, -0.25) is 0 Å². The quantitative estimate of drug-likeness (QED) is 0.747. The van der Waals surface area contributed by atoms with Crippen LogP contribution in [-0.4, -0.2) is 36.0 Å². The third kappa shape index (κ3) is 4.09. The summed E-state index contributed by atoms with van der Waals surface area (Å²) in [4.78, 5) is 0. The fourth-order valence-electron chi connectivity index (χ4n) is 2.30. The van der Waals surface area contributed by atoms with Gasteiger partial charge >= 0.3 is 0 Å². The van der Waals surface area contributed by atoms with Crippen LogP contribution in [0, 0.1) is 5.92 Å². The number of ether oxygens (including phenoxy) is 1. The van der Waals surface area contributed by atoms with Crippen molar-refractivity contribution in [2.75, 3.05) is 6.61 Å². The smallest absolute Gasteiger partial charge is 0.0587 e. The zero-order valence-corrected chi connectivity index (χ0v) is 10.4. The largest absolute Gasteiger partial charge is 0.395 e. The summed E-state index contributed by atoms with van der Waals surface area (Å²) in [5.41, 5.74) is 0. The summed E-state index contributed by atoms with van der Waals surface area (Å²) in [6.45, 7) is 8.74. The van der Waals surface area contributed by atoms with Gasteiger partial charge in [0.15, 0.2) is 0 Å². The summed E-state index contributed by atoms with van der Waals surface area (Å²) in [5, 5.41) is 12.8. The van der Waals surface area contributed by atoms with Crippen LogP contribution in [0.1, 0.15) is 40.5 Å². The molecule has 15 heavy (non-hydrogen) atoms. The third-order valence-electron chi connectivity index (χ3n) is 3.15. The summed E-state index contributed by atoms with van der Waals surface area (Å²) in [7, 11) is 0. The second-order valence-corrected chi connectivity index (χ2v) is 5.13. The molecule has 1 fully saturated rings. The van der Waals surface area contributed by atoms with Crippen molar-refractivity contribution in [2.45, 2.75) is 64.8 Å². The zero-order valence-electron chi connectivity index (χ0n) is 10.4. The topological polar surface area (TPSA) is 41.5 Å². The summed E-state index contributed by atoms with van der Waals surface area (Å²) in [5.74, 6) is 0.475. The van der Waals surface area contributed by atoms with Crippen molar-refractivity contribution in [3.63, 3.8) is 0 Å². The van der Waals surface area contributed by atoms with Gasteiger partial charge in [-0.2, -0.15) is 0 Å². The van der Waals surface area contributed by atoms with E-state index in [0.717, 1.165) is 12.8 Å². The van der Waals surface area contributed by atoms with Gasteiger partial charge in [0, 0.05) is 12.1 Å². The van der Waals surface area contributed by atoms with Crippen LogP contribution in [0.4, 0.5) is 0 Å².